The van der Waals surface area contributed by atoms with Crippen LogP contribution in [0.4, 0.5) is 10.1 Å². The second-order valence-corrected chi connectivity index (χ2v) is 4.76. The summed E-state index contributed by atoms with van der Waals surface area (Å²) in [5.74, 6) is -0.988. The summed E-state index contributed by atoms with van der Waals surface area (Å²) >= 11 is 3.34. The summed E-state index contributed by atoms with van der Waals surface area (Å²) in [5, 5.41) is 21.4. The fourth-order valence-corrected chi connectivity index (χ4v) is 2.14. The standard InChI is InChI=1S/C14H10BrFN2O/c15-11-6-9(7-17)4-5-13(11)18-8-10-2-1-3-12(16)14(10)19/h1-6,18-19H,8H2. The Bertz CT molecular complexity index is 652. The zero-order valence-electron chi connectivity index (χ0n) is 9.82. The van der Waals surface area contributed by atoms with Crippen molar-refractivity contribution < 1.29 is 9.50 Å². The van der Waals surface area contributed by atoms with E-state index in [1.54, 1.807) is 30.3 Å². The lowest BCUT2D eigenvalue weighted by atomic mass is 10.1. The number of aromatic hydroxyl groups is 1. The van der Waals surface area contributed by atoms with Gasteiger partial charge in [0, 0.05) is 22.3 Å². The molecule has 0 aromatic heterocycles. The number of phenols is 1. The molecule has 2 rings (SSSR count). The number of nitrogens with one attached hydrogen (secondary N) is 1. The van der Waals surface area contributed by atoms with Crippen molar-refractivity contribution in [3.05, 3.63) is 57.8 Å². The van der Waals surface area contributed by atoms with Crippen molar-refractivity contribution in [1.82, 2.24) is 0 Å². The molecule has 19 heavy (non-hydrogen) atoms. The van der Waals surface area contributed by atoms with Gasteiger partial charge in [-0.2, -0.15) is 5.26 Å². The third-order valence-corrected chi connectivity index (χ3v) is 3.29. The molecule has 0 saturated heterocycles. The summed E-state index contributed by atoms with van der Waals surface area (Å²) in [5.41, 5.74) is 1.78. The van der Waals surface area contributed by atoms with Gasteiger partial charge in [-0.05, 0) is 40.2 Å². The molecule has 0 spiro atoms. The van der Waals surface area contributed by atoms with Gasteiger partial charge in [0.25, 0.3) is 0 Å². The molecule has 96 valence electrons. The van der Waals surface area contributed by atoms with E-state index < -0.39 is 5.82 Å². The SMILES string of the molecule is N#Cc1ccc(NCc2cccc(F)c2O)c(Br)c1. The highest BCUT2D eigenvalue weighted by molar-refractivity contribution is 9.10. The first kappa shape index (κ1) is 13.4. The molecule has 0 aliphatic rings. The summed E-state index contributed by atoms with van der Waals surface area (Å²) in [6.07, 6.45) is 0. The van der Waals surface area contributed by atoms with E-state index in [4.69, 9.17) is 5.26 Å². The zero-order chi connectivity index (χ0) is 13.8. The molecule has 2 aromatic rings. The van der Waals surface area contributed by atoms with Crippen LogP contribution in [0, 0.1) is 17.1 Å². The highest BCUT2D eigenvalue weighted by atomic mass is 79.9. The topological polar surface area (TPSA) is 56.0 Å². The van der Waals surface area contributed by atoms with Crippen LogP contribution in [0.5, 0.6) is 5.75 Å². The molecule has 0 amide bonds. The van der Waals surface area contributed by atoms with Crippen LogP contribution < -0.4 is 5.32 Å². The highest BCUT2D eigenvalue weighted by Gasteiger charge is 2.07. The number of hydrogen-bond acceptors (Lipinski definition) is 3. The Morgan fingerprint density at radius 3 is 2.79 bits per heavy atom. The molecule has 3 nitrogen and oxygen atoms in total. The fourth-order valence-electron chi connectivity index (χ4n) is 1.62. The molecule has 0 aliphatic carbocycles. The predicted molar refractivity (Wildman–Crippen MR) is 74.2 cm³/mol. The van der Waals surface area contributed by atoms with E-state index in [-0.39, 0.29) is 12.3 Å². The lowest BCUT2D eigenvalue weighted by Gasteiger charge is -2.10. The molecule has 0 bridgehead atoms. The molecule has 2 aromatic carbocycles. The number of nitriles is 1. The summed E-state index contributed by atoms with van der Waals surface area (Å²) in [6.45, 7) is 0.286. The average Bonchev–Trinajstić information content (AvgIpc) is 2.41. The van der Waals surface area contributed by atoms with E-state index in [1.165, 1.54) is 6.07 Å². The van der Waals surface area contributed by atoms with Crippen LogP contribution in [0.25, 0.3) is 0 Å². The maximum absolute atomic E-state index is 13.2. The Morgan fingerprint density at radius 2 is 2.11 bits per heavy atom. The van der Waals surface area contributed by atoms with E-state index in [9.17, 15) is 9.50 Å². The number of benzene rings is 2. The second-order valence-electron chi connectivity index (χ2n) is 3.91. The number of phenolic OH excluding ortho intramolecular Hbond substituents is 1. The van der Waals surface area contributed by atoms with Crippen LogP contribution in [0.3, 0.4) is 0 Å². The molecule has 2 N–H and O–H groups in total. The minimum absolute atomic E-state index is 0.286. The summed E-state index contributed by atoms with van der Waals surface area (Å²) in [6, 6.07) is 11.5. The van der Waals surface area contributed by atoms with Gasteiger partial charge >= 0.3 is 0 Å². The highest BCUT2D eigenvalue weighted by Crippen LogP contribution is 2.26. The number of hydrogen-bond donors (Lipinski definition) is 2. The van der Waals surface area contributed by atoms with Gasteiger partial charge in [0.1, 0.15) is 0 Å². The van der Waals surface area contributed by atoms with Crippen LogP contribution >= 0.6 is 15.9 Å². The lowest BCUT2D eigenvalue weighted by Crippen LogP contribution is -2.01. The first-order chi connectivity index (χ1) is 9.11. The Morgan fingerprint density at radius 1 is 1.32 bits per heavy atom. The van der Waals surface area contributed by atoms with Crippen LogP contribution in [-0.4, -0.2) is 5.11 Å². The molecule has 0 atom stereocenters. The Kier molecular flexibility index (Phi) is 4.03. The van der Waals surface area contributed by atoms with Crippen molar-refractivity contribution >= 4 is 21.6 Å². The van der Waals surface area contributed by atoms with Gasteiger partial charge in [-0.15, -0.1) is 0 Å². The summed E-state index contributed by atoms with van der Waals surface area (Å²) in [4.78, 5) is 0. The lowest BCUT2D eigenvalue weighted by molar-refractivity contribution is 0.427. The van der Waals surface area contributed by atoms with Crippen LogP contribution in [0.1, 0.15) is 11.1 Å². The van der Waals surface area contributed by atoms with Crippen molar-refractivity contribution in [3.8, 4) is 11.8 Å². The van der Waals surface area contributed by atoms with E-state index in [0.29, 0.717) is 11.1 Å². The molecule has 0 aliphatic heterocycles. The normalized spacial score (nSPS) is 9.95. The largest absolute Gasteiger partial charge is 0.505 e. The Labute approximate surface area is 118 Å². The second kappa shape index (κ2) is 5.72. The Balaban J connectivity index is 2.15. The van der Waals surface area contributed by atoms with Crippen molar-refractivity contribution in [3.63, 3.8) is 0 Å². The minimum Gasteiger partial charge on any atom is -0.505 e. The fraction of sp³-hybridized carbons (Fsp3) is 0.0714. The molecule has 0 radical (unpaired) electrons. The number of anilines is 1. The molecular formula is C14H10BrFN2O. The predicted octanol–water partition coefficient (Wildman–Crippen LogP) is 3.78. The molecule has 0 fully saturated rings. The third-order valence-electron chi connectivity index (χ3n) is 2.64. The summed E-state index contributed by atoms with van der Waals surface area (Å²) in [7, 11) is 0. The van der Waals surface area contributed by atoms with Crippen LogP contribution in [0.2, 0.25) is 0 Å². The maximum atomic E-state index is 13.2. The van der Waals surface area contributed by atoms with Gasteiger partial charge in [-0.25, -0.2) is 4.39 Å². The van der Waals surface area contributed by atoms with E-state index in [0.717, 1.165) is 10.2 Å². The van der Waals surface area contributed by atoms with E-state index >= 15 is 0 Å². The van der Waals surface area contributed by atoms with Crippen molar-refractivity contribution in [2.75, 3.05) is 5.32 Å². The first-order valence-electron chi connectivity index (χ1n) is 5.51. The van der Waals surface area contributed by atoms with Crippen LogP contribution in [0.15, 0.2) is 40.9 Å². The van der Waals surface area contributed by atoms with Crippen molar-refractivity contribution in [1.29, 1.82) is 5.26 Å². The third kappa shape index (κ3) is 3.04. The van der Waals surface area contributed by atoms with Crippen molar-refractivity contribution in [2.24, 2.45) is 0 Å². The van der Waals surface area contributed by atoms with Gasteiger partial charge in [-0.3, -0.25) is 0 Å². The molecule has 0 heterocycles. The minimum atomic E-state index is -0.641. The van der Waals surface area contributed by atoms with E-state index in [2.05, 4.69) is 21.2 Å². The maximum Gasteiger partial charge on any atom is 0.165 e. The number of halogens is 2. The average molecular weight is 321 g/mol. The monoisotopic (exact) mass is 320 g/mol. The number of rotatable bonds is 3. The van der Waals surface area contributed by atoms with Gasteiger partial charge < -0.3 is 10.4 Å². The van der Waals surface area contributed by atoms with Gasteiger partial charge in [0.2, 0.25) is 0 Å². The summed E-state index contributed by atoms with van der Waals surface area (Å²) < 4.78 is 13.9. The molecular weight excluding hydrogens is 311 g/mol. The van der Waals surface area contributed by atoms with Gasteiger partial charge in [-0.1, -0.05) is 12.1 Å². The molecule has 0 unspecified atom stereocenters. The zero-order valence-corrected chi connectivity index (χ0v) is 11.4. The van der Waals surface area contributed by atoms with E-state index in [1.807, 2.05) is 6.07 Å². The number of para-hydroxylation sites is 1. The van der Waals surface area contributed by atoms with Crippen LogP contribution in [-0.2, 0) is 6.54 Å². The first-order valence-corrected chi connectivity index (χ1v) is 6.31. The van der Waals surface area contributed by atoms with Gasteiger partial charge in [0.15, 0.2) is 11.6 Å². The quantitative estimate of drug-likeness (QED) is 0.904. The Hall–Kier alpha value is -2.06. The smallest absolute Gasteiger partial charge is 0.165 e. The molecule has 5 heteroatoms. The van der Waals surface area contributed by atoms with Crippen molar-refractivity contribution in [2.45, 2.75) is 6.54 Å². The van der Waals surface area contributed by atoms with Gasteiger partial charge in [0.05, 0.1) is 11.6 Å². The number of nitrogens with zero attached hydrogens (tertiary/aromatic N) is 1. The molecule has 0 saturated carbocycles.